The van der Waals surface area contributed by atoms with Gasteiger partial charge in [-0.3, -0.25) is 5.32 Å². The van der Waals surface area contributed by atoms with Gasteiger partial charge in [-0.15, -0.1) is 4.98 Å². The molecule has 4 heterocycles. The number of likely N-dealkylation sites (tertiary alicyclic amines) is 1. The number of amides is 2. The molecular weight excluding hydrogens is 400 g/mol. The van der Waals surface area contributed by atoms with Crippen molar-refractivity contribution < 1.29 is 14.1 Å². The lowest BCUT2D eigenvalue weighted by atomic mass is 10.0. The molecule has 2 N–H and O–H groups in total. The van der Waals surface area contributed by atoms with Gasteiger partial charge in [-0.25, -0.2) is 9.78 Å². The molecule has 0 spiro atoms. The van der Waals surface area contributed by atoms with Gasteiger partial charge < -0.3 is 24.0 Å². The summed E-state index contributed by atoms with van der Waals surface area (Å²) in [4.78, 5) is 27.9. The van der Waals surface area contributed by atoms with Crippen LogP contribution in [-0.2, 0) is 0 Å². The van der Waals surface area contributed by atoms with Crippen molar-refractivity contribution in [2.45, 2.75) is 18.9 Å². The summed E-state index contributed by atoms with van der Waals surface area (Å²) in [6.07, 6.45) is 5.38. The number of fused-ring (bicyclic) bond motifs is 2. The van der Waals surface area contributed by atoms with Crippen LogP contribution in [0.1, 0.15) is 18.4 Å². The molecule has 1 saturated heterocycles. The first-order valence-corrected chi connectivity index (χ1v) is 10.1. The maximum absolute atomic E-state index is 12.6. The average molecular weight is 422 g/mol. The third-order valence-corrected chi connectivity index (χ3v) is 6.40. The van der Waals surface area contributed by atoms with E-state index >= 15 is 0 Å². The lowest BCUT2D eigenvalue weighted by Crippen LogP contribution is -2.36. The van der Waals surface area contributed by atoms with Crippen LogP contribution in [-0.4, -0.2) is 64.3 Å². The van der Waals surface area contributed by atoms with Crippen molar-refractivity contribution in [1.82, 2.24) is 25.0 Å². The highest BCUT2D eigenvalue weighted by Crippen LogP contribution is 2.42. The van der Waals surface area contributed by atoms with Crippen LogP contribution < -0.4 is 15.0 Å². The van der Waals surface area contributed by atoms with E-state index in [1.165, 1.54) is 7.11 Å². The summed E-state index contributed by atoms with van der Waals surface area (Å²) in [6, 6.07) is 4.38. The van der Waals surface area contributed by atoms with Crippen LogP contribution in [0.25, 0.3) is 11.0 Å². The fourth-order valence-corrected chi connectivity index (χ4v) is 4.90. The number of aromatic nitrogens is 4. The van der Waals surface area contributed by atoms with E-state index in [0.717, 1.165) is 29.6 Å². The van der Waals surface area contributed by atoms with E-state index in [4.69, 9.17) is 9.26 Å². The topological polar surface area (TPSA) is 136 Å². The molecule has 0 radical (unpaired) electrons. The monoisotopic (exact) mass is 422 g/mol. The van der Waals surface area contributed by atoms with E-state index in [1.54, 1.807) is 11.1 Å². The SMILES string of the molecule is COc1noc(NC(=O)N2C[C@H]3C[C@H](N(C)c4c(C#N)cnc5[nH]ccc45)C[C@H]3C2)n1. The van der Waals surface area contributed by atoms with Crippen LogP contribution >= 0.6 is 0 Å². The Morgan fingerprint density at radius 2 is 2.19 bits per heavy atom. The molecule has 160 valence electrons. The maximum atomic E-state index is 12.6. The van der Waals surface area contributed by atoms with E-state index in [-0.39, 0.29) is 18.1 Å². The molecular formula is C20H22N8O3. The summed E-state index contributed by atoms with van der Waals surface area (Å²) in [7, 11) is 3.47. The number of carbonyl (C=O) groups excluding carboxylic acids is 1. The van der Waals surface area contributed by atoms with Gasteiger partial charge in [0.2, 0.25) is 0 Å². The Morgan fingerprint density at radius 1 is 1.42 bits per heavy atom. The number of anilines is 2. The van der Waals surface area contributed by atoms with Crippen LogP contribution in [0.15, 0.2) is 23.0 Å². The van der Waals surface area contributed by atoms with Crippen molar-refractivity contribution in [2.24, 2.45) is 11.8 Å². The van der Waals surface area contributed by atoms with E-state index < -0.39 is 0 Å². The summed E-state index contributed by atoms with van der Waals surface area (Å²) >= 11 is 0. The second kappa shape index (κ2) is 7.46. The molecule has 31 heavy (non-hydrogen) atoms. The van der Waals surface area contributed by atoms with Crippen LogP contribution in [0, 0.1) is 23.2 Å². The molecule has 0 unspecified atom stereocenters. The van der Waals surface area contributed by atoms with Crippen molar-refractivity contribution in [3.05, 3.63) is 24.0 Å². The number of nitriles is 1. The van der Waals surface area contributed by atoms with Gasteiger partial charge in [0.1, 0.15) is 11.7 Å². The van der Waals surface area contributed by atoms with Gasteiger partial charge in [0, 0.05) is 44.0 Å². The Labute approximate surface area is 178 Å². The van der Waals surface area contributed by atoms with Gasteiger partial charge in [0.25, 0.3) is 0 Å². The molecule has 3 atom stereocenters. The molecule has 11 heteroatoms. The standard InChI is InChI=1S/C20H22N8O3/c1-27(16-13(7-21)8-23-17-15(16)3-4-22-17)14-5-11-9-28(10-12(11)6-14)20(29)25-18-24-19(30-2)26-31-18/h3-4,8,11-12,14H,5-6,9-10H2,1-2H3,(H,22,23)(H,24,25,26,29)/t11-,12+,14+. The number of rotatable bonds is 4. The van der Waals surface area contributed by atoms with Crippen LogP contribution in [0.3, 0.4) is 0 Å². The molecule has 2 amide bonds. The minimum absolute atomic E-state index is 0.0220. The van der Waals surface area contributed by atoms with Crippen molar-refractivity contribution in [3.63, 3.8) is 0 Å². The number of hydrogen-bond donors (Lipinski definition) is 2. The van der Waals surface area contributed by atoms with Gasteiger partial charge in [-0.05, 0) is 35.9 Å². The quantitative estimate of drug-likeness (QED) is 0.653. The van der Waals surface area contributed by atoms with Crippen molar-refractivity contribution in [2.75, 3.05) is 37.5 Å². The number of nitrogens with one attached hydrogen (secondary N) is 2. The van der Waals surface area contributed by atoms with Gasteiger partial charge >= 0.3 is 18.1 Å². The van der Waals surface area contributed by atoms with Crippen LogP contribution in [0.4, 0.5) is 16.5 Å². The van der Waals surface area contributed by atoms with Crippen LogP contribution in [0.5, 0.6) is 6.01 Å². The Balaban J connectivity index is 1.26. The summed E-state index contributed by atoms with van der Waals surface area (Å²) in [6.45, 7) is 1.35. The first-order chi connectivity index (χ1) is 15.1. The van der Waals surface area contributed by atoms with Crippen molar-refractivity contribution in [1.29, 1.82) is 5.26 Å². The van der Waals surface area contributed by atoms with Crippen LogP contribution in [0.2, 0.25) is 0 Å². The number of ether oxygens (including phenoxy) is 1. The normalized spacial score (nSPS) is 22.4. The molecule has 3 aromatic heterocycles. The molecule has 1 aliphatic heterocycles. The number of pyridine rings is 1. The predicted molar refractivity (Wildman–Crippen MR) is 111 cm³/mol. The minimum atomic E-state index is -0.250. The van der Waals surface area contributed by atoms with E-state index in [1.807, 2.05) is 19.3 Å². The fourth-order valence-electron chi connectivity index (χ4n) is 4.90. The molecule has 2 fully saturated rings. The second-order valence-corrected chi connectivity index (χ2v) is 8.05. The van der Waals surface area contributed by atoms with Gasteiger partial charge in [-0.1, -0.05) is 0 Å². The zero-order valence-electron chi connectivity index (χ0n) is 17.2. The van der Waals surface area contributed by atoms with Crippen molar-refractivity contribution >= 4 is 28.8 Å². The van der Waals surface area contributed by atoms with E-state index in [2.05, 4.69) is 36.4 Å². The number of urea groups is 1. The fraction of sp³-hybridized carbons (Fsp3) is 0.450. The lowest BCUT2D eigenvalue weighted by Gasteiger charge is -2.29. The number of H-pyrrole nitrogens is 1. The molecule has 1 saturated carbocycles. The predicted octanol–water partition coefficient (Wildman–Crippen LogP) is 2.20. The highest BCUT2D eigenvalue weighted by atomic mass is 16.5. The van der Waals surface area contributed by atoms with E-state index in [9.17, 15) is 10.1 Å². The van der Waals surface area contributed by atoms with Gasteiger partial charge in [0.15, 0.2) is 0 Å². The number of nitrogens with zero attached hydrogens (tertiary/aromatic N) is 6. The molecule has 1 aliphatic carbocycles. The molecule has 0 bridgehead atoms. The third-order valence-electron chi connectivity index (χ3n) is 6.40. The molecule has 5 rings (SSSR count). The van der Waals surface area contributed by atoms with Crippen molar-refractivity contribution in [3.8, 4) is 12.1 Å². The lowest BCUT2D eigenvalue weighted by molar-refractivity contribution is 0.217. The zero-order chi connectivity index (χ0) is 21.5. The smallest absolute Gasteiger partial charge is 0.355 e. The maximum Gasteiger partial charge on any atom is 0.355 e. The Bertz CT molecular complexity index is 1150. The second-order valence-electron chi connectivity index (χ2n) is 8.05. The van der Waals surface area contributed by atoms with Gasteiger partial charge in [0.05, 0.1) is 18.4 Å². The molecule has 11 nitrogen and oxygen atoms in total. The number of hydrogen-bond acceptors (Lipinski definition) is 8. The summed E-state index contributed by atoms with van der Waals surface area (Å²) in [5.41, 5.74) is 2.26. The largest absolute Gasteiger partial charge is 0.465 e. The summed E-state index contributed by atoms with van der Waals surface area (Å²) < 4.78 is 9.80. The Kier molecular flexibility index (Phi) is 4.62. The van der Waals surface area contributed by atoms with Gasteiger partial charge in [-0.2, -0.15) is 5.26 Å². The summed E-state index contributed by atoms with van der Waals surface area (Å²) in [5.74, 6) is 0.814. The first kappa shape index (κ1) is 19.2. The first-order valence-electron chi connectivity index (χ1n) is 10.1. The highest BCUT2D eigenvalue weighted by Gasteiger charge is 2.44. The third kappa shape index (κ3) is 3.30. The Morgan fingerprint density at radius 3 is 2.87 bits per heavy atom. The number of aromatic amines is 1. The number of carbonyl (C=O) groups is 1. The average Bonchev–Trinajstić information content (AvgIpc) is 3.54. The summed E-state index contributed by atoms with van der Waals surface area (Å²) in [5, 5.41) is 16.8. The minimum Gasteiger partial charge on any atom is -0.465 e. The zero-order valence-corrected chi connectivity index (χ0v) is 17.2. The molecule has 2 aliphatic rings. The molecule has 3 aromatic rings. The highest BCUT2D eigenvalue weighted by molar-refractivity contribution is 5.93. The van der Waals surface area contributed by atoms with E-state index in [0.29, 0.717) is 36.5 Å². The number of methoxy groups -OCH3 is 1. The molecule has 0 aromatic carbocycles. The Hall–Kier alpha value is -3.81.